The highest BCUT2D eigenvalue weighted by Gasteiger charge is 2.41. The molecule has 0 aliphatic carbocycles. The molecule has 2 aliphatic rings. The van der Waals surface area contributed by atoms with Crippen LogP contribution < -0.4 is 0 Å². The molecule has 105 valence electrons. The third-order valence-corrected chi connectivity index (χ3v) is 3.58. The minimum atomic E-state index is -0.358. The number of hydrogen-bond acceptors (Lipinski definition) is 4. The van der Waals surface area contributed by atoms with Gasteiger partial charge in [-0.15, -0.1) is 0 Å². The molecule has 0 bridgehead atoms. The predicted molar refractivity (Wildman–Crippen MR) is 71.0 cm³/mol. The van der Waals surface area contributed by atoms with E-state index < -0.39 is 0 Å². The molecular weight excluding hydrogens is 258 g/mol. The van der Waals surface area contributed by atoms with E-state index in [2.05, 4.69) is 6.92 Å². The largest absolute Gasteiger partial charge is 0.350 e. The van der Waals surface area contributed by atoms with Crippen LogP contribution in [0.3, 0.4) is 0 Å². The Hall–Kier alpha value is -1.72. The first-order valence-corrected chi connectivity index (χ1v) is 6.71. The van der Waals surface area contributed by atoms with Crippen molar-refractivity contribution in [3.8, 4) is 0 Å². The van der Waals surface area contributed by atoms with Gasteiger partial charge in [0.25, 0.3) is 11.8 Å². The van der Waals surface area contributed by atoms with Crippen LogP contribution in [-0.4, -0.2) is 42.3 Å². The summed E-state index contributed by atoms with van der Waals surface area (Å²) in [5.74, 6) is -0.531. The van der Waals surface area contributed by atoms with Crippen LogP contribution in [0.25, 0.3) is 0 Å². The average Bonchev–Trinajstić information content (AvgIpc) is 2.73. The zero-order valence-corrected chi connectivity index (χ0v) is 11.1. The van der Waals surface area contributed by atoms with Gasteiger partial charge >= 0.3 is 0 Å². The summed E-state index contributed by atoms with van der Waals surface area (Å²) in [4.78, 5) is 25.9. The fourth-order valence-electron chi connectivity index (χ4n) is 2.55. The topological polar surface area (TPSA) is 55.8 Å². The van der Waals surface area contributed by atoms with Gasteiger partial charge in [-0.25, -0.2) is 0 Å². The Morgan fingerprint density at radius 2 is 1.65 bits per heavy atom. The highest BCUT2D eigenvalue weighted by molar-refractivity contribution is 6.21. The minimum absolute atomic E-state index is 0.265. The summed E-state index contributed by atoms with van der Waals surface area (Å²) in [7, 11) is 0. The van der Waals surface area contributed by atoms with Crippen molar-refractivity contribution in [1.82, 2.24) is 4.90 Å². The summed E-state index contributed by atoms with van der Waals surface area (Å²) in [6.07, 6.45) is 1.16. The lowest BCUT2D eigenvalue weighted by atomic mass is 10.1. The number of imide groups is 1. The molecule has 1 saturated heterocycles. The second kappa shape index (κ2) is 5.34. The van der Waals surface area contributed by atoms with Gasteiger partial charge in [0.2, 0.25) is 0 Å². The first-order chi connectivity index (χ1) is 9.72. The third-order valence-electron chi connectivity index (χ3n) is 3.58. The Morgan fingerprint density at radius 1 is 1.10 bits per heavy atom. The third kappa shape index (κ3) is 2.13. The van der Waals surface area contributed by atoms with Gasteiger partial charge in [-0.1, -0.05) is 19.1 Å². The summed E-state index contributed by atoms with van der Waals surface area (Å²) in [5, 5.41) is 0. The van der Waals surface area contributed by atoms with Crippen molar-refractivity contribution in [3.05, 3.63) is 42.3 Å². The molecule has 2 heterocycles. The summed E-state index contributed by atoms with van der Waals surface area (Å²) in [6.45, 7) is 4.38. The van der Waals surface area contributed by atoms with Gasteiger partial charge < -0.3 is 9.47 Å². The van der Waals surface area contributed by atoms with Crippen LogP contribution in [-0.2, 0) is 9.47 Å². The number of carbonyl (C=O) groups excluding carboxylic acids is 2. The molecule has 1 fully saturated rings. The molecule has 1 aromatic rings. The number of ether oxygens (including phenoxy) is 2. The maximum atomic E-state index is 12.3. The van der Waals surface area contributed by atoms with Crippen LogP contribution in [0.1, 0.15) is 33.6 Å². The van der Waals surface area contributed by atoms with Gasteiger partial charge in [0.1, 0.15) is 0 Å². The van der Waals surface area contributed by atoms with Crippen LogP contribution in [0.5, 0.6) is 0 Å². The summed E-state index contributed by atoms with van der Waals surface area (Å²) >= 11 is 0. The summed E-state index contributed by atoms with van der Waals surface area (Å²) in [6, 6.07) is 6.50. The molecule has 1 aromatic carbocycles. The number of carbonyl (C=O) groups is 2. The molecule has 3 rings (SSSR count). The lowest BCUT2D eigenvalue weighted by Crippen LogP contribution is -2.49. The Kier molecular flexibility index (Phi) is 3.54. The smallest absolute Gasteiger partial charge is 0.261 e. The van der Waals surface area contributed by atoms with Gasteiger partial charge in [-0.2, -0.15) is 0 Å². The number of fused-ring (bicyclic) bond motifs is 1. The van der Waals surface area contributed by atoms with Gasteiger partial charge in [-0.05, 0) is 25.0 Å². The molecule has 0 saturated carbocycles. The van der Waals surface area contributed by atoms with E-state index in [0.29, 0.717) is 24.3 Å². The van der Waals surface area contributed by atoms with E-state index in [9.17, 15) is 9.59 Å². The predicted octanol–water partition coefficient (Wildman–Crippen LogP) is 1.64. The van der Waals surface area contributed by atoms with Crippen molar-refractivity contribution in [2.24, 2.45) is 0 Å². The van der Waals surface area contributed by atoms with Crippen molar-refractivity contribution in [2.75, 3.05) is 13.2 Å². The molecule has 0 N–H and O–H groups in total. The number of rotatable bonds is 3. The van der Waals surface area contributed by atoms with Crippen molar-refractivity contribution in [2.45, 2.75) is 25.2 Å². The van der Waals surface area contributed by atoms with Crippen molar-refractivity contribution < 1.29 is 19.1 Å². The van der Waals surface area contributed by atoms with Crippen LogP contribution in [0.4, 0.5) is 0 Å². The van der Waals surface area contributed by atoms with Crippen molar-refractivity contribution in [3.63, 3.8) is 0 Å². The molecule has 0 spiro atoms. The fourth-order valence-corrected chi connectivity index (χ4v) is 2.55. The van der Waals surface area contributed by atoms with Crippen molar-refractivity contribution in [1.29, 1.82) is 0 Å². The number of amides is 2. The molecule has 5 heteroatoms. The summed E-state index contributed by atoms with van der Waals surface area (Å²) in [5.41, 5.74) is 0.912. The standard InChI is InChI=1S/C15H16NO4/c1-2-5-13-19-8-10(9-20-13)16-14(17)11-6-3-4-7-12(11)15(16)18/h3-4,6-7,10,13H,1-2,5,8-9H2. The first kappa shape index (κ1) is 13.3. The van der Waals surface area contributed by atoms with Gasteiger partial charge in [0.15, 0.2) is 6.29 Å². The molecular formula is C15H16NO4. The minimum Gasteiger partial charge on any atom is -0.350 e. The number of nitrogens with zero attached hydrogens (tertiary/aromatic N) is 1. The van der Waals surface area contributed by atoms with E-state index in [0.717, 1.165) is 12.8 Å². The van der Waals surface area contributed by atoms with Crippen LogP contribution in [0.2, 0.25) is 0 Å². The van der Waals surface area contributed by atoms with E-state index in [1.54, 1.807) is 24.3 Å². The van der Waals surface area contributed by atoms with Crippen LogP contribution in [0, 0.1) is 6.92 Å². The van der Waals surface area contributed by atoms with E-state index in [4.69, 9.17) is 9.47 Å². The normalized spacial score (nSPS) is 25.9. The molecule has 20 heavy (non-hydrogen) atoms. The quantitative estimate of drug-likeness (QED) is 0.786. The number of hydrogen-bond donors (Lipinski definition) is 0. The Morgan fingerprint density at radius 3 is 2.15 bits per heavy atom. The maximum absolute atomic E-state index is 12.3. The fraction of sp³-hybridized carbons (Fsp3) is 0.400. The Balaban J connectivity index is 1.74. The maximum Gasteiger partial charge on any atom is 0.261 e. The lowest BCUT2D eigenvalue weighted by Gasteiger charge is -2.33. The first-order valence-electron chi connectivity index (χ1n) is 6.71. The van der Waals surface area contributed by atoms with Gasteiger partial charge in [0, 0.05) is 0 Å². The molecule has 0 atom stereocenters. The SMILES string of the molecule is [CH2]CCC1OCC(N2C(=O)c3ccccc3C2=O)CO1. The zero-order valence-electron chi connectivity index (χ0n) is 11.1. The van der Waals surface area contributed by atoms with Crippen molar-refractivity contribution >= 4 is 11.8 Å². The average molecular weight is 274 g/mol. The Bertz CT molecular complexity index is 499. The zero-order chi connectivity index (χ0) is 14.1. The van der Waals surface area contributed by atoms with E-state index in [1.807, 2.05) is 0 Å². The monoisotopic (exact) mass is 274 g/mol. The van der Waals surface area contributed by atoms with Gasteiger partial charge in [-0.3, -0.25) is 14.5 Å². The number of benzene rings is 1. The second-order valence-corrected chi connectivity index (χ2v) is 4.92. The molecule has 2 aliphatic heterocycles. The van der Waals surface area contributed by atoms with Crippen LogP contribution >= 0.6 is 0 Å². The second-order valence-electron chi connectivity index (χ2n) is 4.92. The molecule has 5 nitrogen and oxygen atoms in total. The van der Waals surface area contributed by atoms with Crippen LogP contribution in [0.15, 0.2) is 24.3 Å². The summed E-state index contributed by atoms with van der Waals surface area (Å²) < 4.78 is 11.1. The molecule has 0 aromatic heterocycles. The molecule has 2 amide bonds. The lowest BCUT2D eigenvalue weighted by molar-refractivity contribution is -0.199. The van der Waals surface area contributed by atoms with Gasteiger partial charge in [0.05, 0.1) is 30.4 Å². The van der Waals surface area contributed by atoms with E-state index in [-0.39, 0.29) is 24.1 Å². The highest BCUT2D eigenvalue weighted by Crippen LogP contribution is 2.26. The van der Waals surface area contributed by atoms with E-state index in [1.165, 1.54) is 4.90 Å². The van der Waals surface area contributed by atoms with E-state index >= 15 is 0 Å². The molecule has 1 radical (unpaired) electrons. The molecule has 0 unspecified atom stereocenters. The highest BCUT2D eigenvalue weighted by atomic mass is 16.7. The Labute approximate surface area is 117 Å².